The summed E-state index contributed by atoms with van der Waals surface area (Å²) in [6.45, 7) is 18.5. The first kappa shape index (κ1) is 40.2. The van der Waals surface area contributed by atoms with Crippen LogP contribution in [0, 0.1) is 36.5 Å². The van der Waals surface area contributed by atoms with E-state index in [1.54, 1.807) is 5.57 Å². The summed E-state index contributed by atoms with van der Waals surface area (Å²) in [5, 5.41) is 21.2. The van der Waals surface area contributed by atoms with E-state index in [0.717, 1.165) is 35.7 Å². The van der Waals surface area contributed by atoms with E-state index < -0.39 is 0 Å². The van der Waals surface area contributed by atoms with Crippen LogP contribution >= 0.6 is 0 Å². The van der Waals surface area contributed by atoms with Crippen molar-refractivity contribution in [2.45, 2.75) is 165 Å². The maximum Gasteiger partial charge on any atom is 0.207 e. The van der Waals surface area contributed by atoms with E-state index in [2.05, 4.69) is 54.5 Å². The highest BCUT2D eigenvalue weighted by Crippen LogP contribution is 2.48. The molecule has 4 nitrogen and oxygen atoms in total. The van der Waals surface area contributed by atoms with Gasteiger partial charge in [-0.1, -0.05) is 124 Å². The first-order valence-electron chi connectivity index (χ1n) is 18.3. The monoisotopic (exact) mass is 617 g/mol. The largest absolute Gasteiger partial charge is 0.504 e. The van der Waals surface area contributed by atoms with Gasteiger partial charge in [0, 0.05) is 11.1 Å². The summed E-state index contributed by atoms with van der Waals surface area (Å²) in [6, 6.07) is 0. The van der Waals surface area contributed by atoms with Crippen molar-refractivity contribution in [1.29, 1.82) is 0 Å². The van der Waals surface area contributed by atoms with Gasteiger partial charge in [0.2, 0.25) is 11.5 Å². The van der Waals surface area contributed by atoms with Crippen molar-refractivity contribution in [1.82, 2.24) is 0 Å². The molecule has 0 saturated heterocycles. The zero-order chi connectivity index (χ0) is 33.1. The molecule has 0 aliphatic heterocycles. The maximum atomic E-state index is 10.7. The molecule has 0 aromatic heterocycles. The Morgan fingerprint density at radius 1 is 0.636 bits per heavy atom. The number of phenols is 2. The van der Waals surface area contributed by atoms with Crippen molar-refractivity contribution in [3.8, 4) is 23.0 Å². The average Bonchev–Trinajstić information content (AvgIpc) is 2.98. The van der Waals surface area contributed by atoms with Crippen LogP contribution in [0.25, 0.3) is 0 Å². The molecule has 0 aliphatic carbocycles. The normalized spacial score (nSPS) is 15.5. The van der Waals surface area contributed by atoms with Gasteiger partial charge in [0.05, 0.1) is 14.2 Å². The van der Waals surface area contributed by atoms with Crippen LogP contribution in [0.15, 0.2) is 11.6 Å². The van der Waals surface area contributed by atoms with Gasteiger partial charge < -0.3 is 19.7 Å². The molecule has 0 aliphatic rings. The van der Waals surface area contributed by atoms with Gasteiger partial charge in [0.1, 0.15) is 0 Å². The summed E-state index contributed by atoms with van der Waals surface area (Å²) in [7, 11) is 2.96. The van der Waals surface area contributed by atoms with E-state index in [4.69, 9.17) is 9.47 Å². The highest BCUT2D eigenvalue weighted by atomic mass is 16.5. The zero-order valence-corrected chi connectivity index (χ0v) is 30.7. The number of benzene rings is 1. The number of phenolic OH excluding ortho intramolecular Hbond substituents is 2. The Kier molecular flexibility index (Phi) is 20.7. The van der Waals surface area contributed by atoms with E-state index >= 15 is 0 Å². The van der Waals surface area contributed by atoms with Gasteiger partial charge >= 0.3 is 0 Å². The van der Waals surface area contributed by atoms with Crippen molar-refractivity contribution >= 4 is 0 Å². The lowest BCUT2D eigenvalue weighted by atomic mass is 9.90. The van der Waals surface area contributed by atoms with Gasteiger partial charge in [-0.15, -0.1) is 0 Å². The van der Waals surface area contributed by atoms with Gasteiger partial charge in [-0.05, 0) is 82.0 Å². The number of hydrogen-bond acceptors (Lipinski definition) is 4. The molecule has 0 bridgehead atoms. The first-order valence-corrected chi connectivity index (χ1v) is 18.3. The predicted octanol–water partition coefficient (Wildman–Crippen LogP) is 12.4. The molecule has 0 fully saturated rings. The van der Waals surface area contributed by atoms with Gasteiger partial charge in [0.15, 0.2) is 11.5 Å². The molecule has 1 rings (SSSR count). The summed E-state index contributed by atoms with van der Waals surface area (Å²) < 4.78 is 10.6. The molecule has 4 heteroatoms. The van der Waals surface area contributed by atoms with E-state index in [9.17, 15) is 10.2 Å². The number of aromatic hydroxyl groups is 2. The molecule has 44 heavy (non-hydrogen) atoms. The molecule has 1 aromatic carbocycles. The third kappa shape index (κ3) is 15.4. The second kappa shape index (κ2) is 22.6. The minimum absolute atomic E-state index is 0.0538. The van der Waals surface area contributed by atoms with Gasteiger partial charge in [-0.25, -0.2) is 0 Å². The molecule has 0 heterocycles. The highest BCUT2D eigenvalue weighted by molar-refractivity contribution is 5.65. The van der Waals surface area contributed by atoms with Gasteiger partial charge in [0.25, 0.3) is 0 Å². The van der Waals surface area contributed by atoms with Crippen LogP contribution in [-0.4, -0.2) is 24.4 Å². The minimum atomic E-state index is 0.0538. The quantitative estimate of drug-likeness (QED) is 0.0847. The summed E-state index contributed by atoms with van der Waals surface area (Å²) >= 11 is 0. The van der Waals surface area contributed by atoms with Crippen LogP contribution in [0.1, 0.15) is 162 Å². The molecule has 5 atom stereocenters. The van der Waals surface area contributed by atoms with Crippen LogP contribution < -0.4 is 9.47 Å². The Morgan fingerprint density at radius 3 is 1.57 bits per heavy atom. The Balaban J connectivity index is 2.21. The Bertz CT molecular complexity index is 936. The standard InChI is InChI=1S/C40H72O4/c1-11-29(2)17-12-18-30(3)19-13-20-31(4)21-14-22-32(5)23-15-24-33(6)25-16-26-34(7)27-28-36-35(8)37(41)39(43-9)40(44-10)38(36)42/h21,29-30,32-34,41-42H,11-20,22-28H2,1-10H3/b31-21+. The molecule has 0 amide bonds. The average molecular weight is 617 g/mol. The van der Waals surface area contributed by atoms with Crippen molar-refractivity contribution in [3.63, 3.8) is 0 Å². The molecular formula is C40H72O4. The number of allylic oxidation sites excluding steroid dienone is 2. The molecule has 2 N–H and O–H groups in total. The Morgan fingerprint density at radius 2 is 1.07 bits per heavy atom. The van der Waals surface area contributed by atoms with Gasteiger partial charge in [-0.2, -0.15) is 0 Å². The topological polar surface area (TPSA) is 58.9 Å². The highest BCUT2D eigenvalue weighted by Gasteiger charge is 2.23. The smallest absolute Gasteiger partial charge is 0.207 e. The zero-order valence-electron chi connectivity index (χ0n) is 30.7. The van der Waals surface area contributed by atoms with Crippen LogP contribution in [0.2, 0.25) is 0 Å². The molecule has 5 unspecified atom stereocenters. The molecule has 0 spiro atoms. The van der Waals surface area contributed by atoms with E-state index in [1.165, 1.54) is 111 Å². The Hall–Kier alpha value is -1.84. The van der Waals surface area contributed by atoms with Crippen molar-refractivity contribution < 1.29 is 19.7 Å². The number of hydrogen-bond donors (Lipinski definition) is 2. The molecule has 0 saturated carbocycles. The second-order valence-corrected chi connectivity index (χ2v) is 14.7. The maximum absolute atomic E-state index is 10.7. The fourth-order valence-electron chi connectivity index (χ4n) is 6.59. The van der Waals surface area contributed by atoms with Crippen LogP contribution in [0.4, 0.5) is 0 Å². The molecule has 1 aromatic rings. The second-order valence-electron chi connectivity index (χ2n) is 14.7. The van der Waals surface area contributed by atoms with E-state index in [-0.39, 0.29) is 23.0 Å². The molecule has 0 radical (unpaired) electrons. The minimum Gasteiger partial charge on any atom is -0.504 e. The van der Waals surface area contributed by atoms with E-state index in [1.807, 2.05) is 6.92 Å². The SMILES string of the molecule is CCC(C)CCCC(C)CCC/C(C)=C/CCC(C)CCCC(C)CCCC(C)CCc1c(C)c(O)c(OC)c(OC)c1O. The third-order valence-electron chi connectivity index (χ3n) is 10.3. The molecule has 256 valence electrons. The number of methoxy groups -OCH3 is 2. The lowest BCUT2D eigenvalue weighted by Gasteiger charge is -2.19. The van der Waals surface area contributed by atoms with Crippen LogP contribution in [0.3, 0.4) is 0 Å². The van der Waals surface area contributed by atoms with Crippen molar-refractivity contribution in [3.05, 3.63) is 22.8 Å². The lowest BCUT2D eigenvalue weighted by molar-refractivity contribution is 0.313. The third-order valence-corrected chi connectivity index (χ3v) is 10.3. The summed E-state index contributed by atoms with van der Waals surface area (Å²) in [5.41, 5.74) is 3.03. The van der Waals surface area contributed by atoms with Crippen LogP contribution in [-0.2, 0) is 6.42 Å². The Labute approximate surface area is 273 Å². The summed E-state index contributed by atoms with van der Waals surface area (Å²) in [5.74, 6) is 4.49. The molecular weight excluding hydrogens is 544 g/mol. The first-order chi connectivity index (χ1) is 20.9. The fourth-order valence-corrected chi connectivity index (χ4v) is 6.59. The number of rotatable bonds is 25. The van der Waals surface area contributed by atoms with Crippen molar-refractivity contribution in [2.75, 3.05) is 14.2 Å². The predicted molar refractivity (Wildman–Crippen MR) is 190 cm³/mol. The fraction of sp³-hybridized carbons (Fsp3) is 0.800. The van der Waals surface area contributed by atoms with Crippen LogP contribution in [0.5, 0.6) is 23.0 Å². The summed E-state index contributed by atoms with van der Waals surface area (Å²) in [4.78, 5) is 0. The summed E-state index contributed by atoms with van der Waals surface area (Å²) in [6.07, 6.45) is 24.1. The van der Waals surface area contributed by atoms with Gasteiger partial charge in [-0.3, -0.25) is 0 Å². The lowest BCUT2D eigenvalue weighted by Crippen LogP contribution is -2.03. The number of ether oxygens (including phenoxy) is 2. The van der Waals surface area contributed by atoms with E-state index in [0.29, 0.717) is 17.9 Å². The van der Waals surface area contributed by atoms with Crippen molar-refractivity contribution in [2.24, 2.45) is 29.6 Å².